The second-order valence-electron chi connectivity index (χ2n) is 7.86. The van der Waals surface area contributed by atoms with E-state index < -0.39 is 0 Å². The number of halogens is 1. The highest BCUT2D eigenvalue weighted by atomic mass is 127. The summed E-state index contributed by atoms with van der Waals surface area (Å²) in [6.45, 7) is 6.91. The fourth-order valence-corrected chi connectivity index (χ4v) is 3.48. The number of guanidine groups is 1. The van der Waals surface area contributed by atoms with Gasteiger partial charge in [0.25, 0.3) is 0 Å². The van der Waals surface area contributed by atoms with Crippen LogP contribution < -0.4 is 15.4 Å². The summed E-state index contributed by atoms with van der Waals surface area (Å²) in [4.78, 5) is 9.20. The molecule has 0 amide bonds. The van der Waals surface area contributed by atoms with Crippen molar-refractivity contribution in [3.63, 3.8) is 0 Å². The molecule has 0 saturated heterocycles. The van der Waals surface area contributed by atoms with Crippen LogP contribution in [0.25, 0.3) is 11.4 Å². The topological polar surface area (TPSA) is 105 Å². The van der Waals surface area contributed by atoms with Crippen molar-refractivity contribution in [1.82, 2.24) is 20.8 Å². The number of aliphatic hydroxyl groups is 1. The molecule has 0 saturated carbocycles. The van der Waals surface area contributed by atoms with E-state index in [2.05, 4.69) is 34.6 Å². The lowest BCUT2D eigenvalue weighted by Gasteiger charge is -2.15. The molecule has 0 bridgehead atoms. The van der Waals surface area contributed by atoms with Crippen LogP contribution in [0.15, 0.2) is 33.8 Å². The lowest BCUT2D eigenvalue weighted by molar-refractivity contribution is 0.253. The molecular weight excluding hydrogens is 533 g/mol. The fourth-order valence-electron chi connectivity index (χ4n) is 3.48. The average Bonchev–Trinajstić information content (AvgIpc) is 3.28. The number of hydrogen-bond donors (Lipinski definition) is 3. The minimum atomic E-state index is 0. The Bertz CT molecular complexity index is 777. The van der Waals surface area contributed by atoms with Crippen LogP contribution in [-0.4, -0.2) is 54.6 Å². The zero-order valence-corrected chi connectivity index (χ0v) is 22.5. The van der Waals surface area contributed by atoms with Crippen molar-refractivity contribution in [3.8, 4) is 17.1 Å². The lowest BCUT2D eigenvalue weighted by atomic mass is 10.0. The number of aliphatic imine (C=N–C) groups is 1. The minimum absolute atomic E-state index is 0. The van der Waals surface area contributed by atoms with Crippen molar-refractivity contribution in [1.29, 1.82) is 0 Å². The maximum atomic E-state index is 9.22. The number of nitrogens with zero attached hydrogens (tertiary/aromatic N) is 3. The predicted octanol–water partition coefficient (Wildman–Crippen LogP) is 4.43. The summed E-state index contributed by atoms with van der Waals surface area (Å²) >= 11 is 0. The average molecular weight is 574 g/mol. The number of nitrogens with one attached hydrogen (secondary N) is 2. The van der Waals surface area contributed by atoms with Gasteiger partial charge in [0.15, 0.2) is 5.96 Å². The van der Waals surface area contributed by atoms with Crippen LogP contribution in [0, 0.1) is 5.92 Å². The largest absolute Gasteiger partial charge is 0.497 e. The Balaban J connectivity index is 0.00000544. The van der Waals surface area contributed by atoms with Crippen LogP contribution in [0.1, 0.15) is 58.3 Å². The molecule has 33 heavy (non-hydrogen) atoms. The summed E-state index contributed by atoms with van der Waals surface area (Å²) in [5, 5.41) is 20.0. The summed E-state index contributed by atoms with van der Waals surface area (Å²) in [6, 6.07) is 7.63. The first-order chi connectivity index (χ1) is 15.7. The van der Waals surface area contributed by atoms with Gasteiger partial charge in [-0.05, 0) is 62.8 Å². The van der Waals surface area contributed by atoms with Crippen LogP contribution in [0.2, 0.25) is 0 Å². The smallest absolute Gasteiger partial charge is 0.226 e. The lowest BCUT2D eigenvalue weighted by Crippen LogP contribution is -2.38. The van der Waals surface area contributed by atoms with E-state index in [1.165, 1.54) is 0 Å². The highest BCUT2D eigenvalue weighted by Gasteiger charge is 2.09. The summed E-state index contributed by atoms with van der Waals surface area (Å²) in [7, 11) is 1.65. The Kier molecular flexibility index (Phi) is 15.5. The Labute approximate surface area is 215 Å². The van der Waals surface area contributed by atoms with Gasteiger partial charge >= 0.3 is 0 Å². The highest BCUT2D eigenvalue weighted by molar-refractivity contribution is 14.0. The van der Waals surface area contributed by atoms with Crippen LogP contribution >= 0.6 is 24.0 Å². The number of benzene rings is 1. The van der Waals surface area contributed by atoms with E-state index in [1.807, 2.05) is 24.3 Å². The molecule has 186 valence electrons. The number of hydrogen-bond acceptors (Lipinski definition) is 6. The maximum absolute atomic E-state index is 9.22. The molecule has 1 heterocycles. The van der Waals surface area contributed by atoms with Crippen molar-refractivity contribution in [2.24, 2.45) is 10.9 Å². The summed E-state index contributed by atoms with van der Waals surface area (Å²) in [5.41, 5.74) is 0.917. The Morgan fingerprint density at radius 2 is 1.91 bits per heavy atom. The van der Waals surface area contributed by atoms with E-state index in [4.69, 9.17) is 14.3 Å². The van der Waals surface area contributed by atoms with Gasteiger partial charge in [-0.3, -0.25) is 4.99 Å². The third kappa shape index (κ3) is 11.2. The molecule has 8 nitrogen and oxygen atoms in total. The minimum Gasteiger partial charge on any atom is -0.497 e. The van der Waals surface area contributed by atoms with Crippen molar-refractivity contribution in [2.45, 2.75) is 58.8 Å². The molecule has 0 aliphatic heterocycles. The number of methoxy groups -OCH3 is 1. The zero-order chi connectivity index (χ0) is 23.0. The number of ether oxygens (including phenoxy) is 1. The first-order valence-corrected chi connectivity index (χ1v) is 11.8. The van der Waals surface area contributed by atoms with Gasteiger partial charge in [0.2, 0.25) is 11.7 Å². The van der Waals surface area contributed by atoms with E-state index in [-0.39, 0.29) is 30.6 Å². The monoisotopic (exact) mass is 573 g/mol. The molecule has 0 aliphatic rings. The first kappa shape index (κ1) is 29.2. The van der Waals surface area contributed by atoms with Crippen molar-refractivity contribution in [3.05, 3.63) is 30.2 Å². The van der Waals surface area contributed by atoms with Crippen LogP contribution in [0.5, 0.6) is 5.75 Å². The Morgan fingerprint density at radius 3 is 2.58 bits per heavy atom. The molecule has 2 aromatic rings. The number of rotatable bonds is 15. The number of aryl methyl sites for hydroxylation is 1. The van der Waals surface area contributed by atoms with Crippen LogP contribution in [0.3, 0.4) is 0 Å². The molecule has 1 unspecified atom stereocenters. The molecule has 0 spiro atoms. The van der Waals surface area contributed by atoms with Gasteiger partial charge in [0, 0.05) is 38.2 Å². The number of aromatic nitrogens is 2. The molecule has 1 aromatic heterocycles. The van der Waals surface area contributed by atoms with E-state index in [1.54, 1.807) is 7.11 Å². The fraction of sp³-hybridized carbons (Fsp3) is 0.625. The molecule has 1 atom stereocenters. The van der Waals surface area contributed by atoms with E-state index in [0.29, 0.717) is 17.6 Å². The third-order valence-electron chi connectivity index (χ3n) is 5.26. The molecule has 0 radical (unpaired) electrons. The standard InChI is InChI=1S/C24H39N5O3.HI/c1-4-9-19(15-17-30)18-27-24(25-5-2)26-16-8-6-7-10-22-28-23(29-32-22)20-11-13-21(31-3)14-12-20;/h11-14,19,30H,4-10,15-18H2,1-3H3,(H2,25,26,27);1H. The van der Waals surface area contributed by atoms with Gasteiger partial charge in [0.05, 0.1) is 7.11 Å². The van der Waals surface area contributed by atoms with Crippen LogP contribution in [-0.2, 0) is 6.42 Å². The van der Waals surface area contributed by atoms with Gasteiger partial charge in [-0.15, -0.1) is 24.0 Å². The molecular formula is C24H40IN5O3. The molecule has 0 fully saturated rings. The molecule has 3 N–H and O–H groups in total. The summed E-state index contributed by atoms with van der Waals surface area (Å²) < 4.78 is 10.6. The van der Waals surface area contributed by atoms with E-state index in [0.717, 1.165) is 81.9 Å². The quantitative estimate of drug-likeness (QED) is 0.125. The van der Waals surface area contributed by atoms with Gasteiger partial charge in [-0.1, -0.05) is 24.9 Å². The van der Waals surface area contributed by atoms with Crippen molar-refractivity contribution >= 4 is 29.9 Å². The predicted molar refractivity (Wildman–Crippen MR) is 143 cm³/mol. The second-order valence-corrected chi connectivity index (χ2v) is 7.86. The molecule has 2 rings (SSSR count). The number of unbranched alkanes of at least 4 members (excludes halogenated alkanes) is 2. The van der Waals surface area contributed by atoms with Gasteiger partial charge in [-0.25, -0.2) is 0 Å². The molecule has 1 aromatic carbocycles. The van der Waals surface area contributed by atoms with Crippen molar-refractivity contribution in [2.75, 3.05) is 33.4 Å². The zero-order valence-electron chi connectivity index (χ0n) is 20.2. The normalized spacial score (nSPS) is 12.2. The molecule has 9 heteroatoms. The first-order valence-electron chi connectivity index (χ1n) is 11.8. The van der Waals surface area contributed by atoms with Gasteiger partial charge in [-0.2, -0.15) is 4.98 Å². The van der Waals surface area contributed by atoms with Gasteiger partial charge in [0.1, 0.15) is 5.75 Å². The van der Waals surface area contributed by atoms with E-state index in [9.17, 15) is 5.11 Å². The SMILES string of the molecule is CCCC(CCO)CN=C(NCC)NCCCCCc1nc(-c2ccc(OC)cc2)no1.I. The Morgan fingerprint density at radius 1 is 1.12 bits per heavy atom. The van der Waals surface area contributed by atoms with Crippen LogP contribution in [0.4, 0.5) is 0 Å². The number of aliphatic hydroxyl groups excluding tert-OH is 1. The maximum Gasteiger partial charge on any atom is 0.226 e. The summed E-state index contributed by atoms with van der Waals surface area (Å²) in [6.07, 6.45) is 6.90. The van der Waals surface area contributed by atoms with Gasteiger partial charge < -0.3 is 25.0 Å². The third-order valence-corrected chi connectivity index (χ3v) is 5.26. The van der Waals surface area contributed by atoms with Crippen molar-refractivity contribution < 1.29 is 14.4 Å². The second kappa shape index (κ2) is 17.6. The Hall–Kier alpha value is -1.88. The molecule has 0 aliphatic carbocycles. The highest BCUT2D eigenvalue weighted by Crippen LogP contribution is 2.20. The van der Waals surface area contributed by atoms with E-state index >= 15 is 0 Å². The summed E-state index contributed by atoms with van der Waals surface area (Å²) in [5.74, 6) is 3.38.